The molecule has 1 aliphatic heterocycles. The summed E-state index contributed by atoms with van der Waals surface area (Å²) in [4.78, 5) is 0. The predicted molar refractivity (Wildman–Crippen MR) is 76.5 cm³/mol. The molecule has 2 aromatic carbocycles. The number of nitrogens with zero attached hydrogens (tertiary/aromatic N) is 1. The Kier molecular flexibility index (Phi) is 3.32. The standard InChI is InChI=1S/C15H12ClFN2O/c16-10-3-6-15(20)12(7-10)14-8-13(18-19-14)9-1-4-11(17)5-2-9/h1-7,13,18,20H,8H2. The van der Waals surface area contributed by atoms with Crippen molar-refractivity contribution in [3.05, 3.63) is 64.4 Å². The molecular weight excluding hydrogens is 279 g/mol. The second-order valence-electron chi connectivity index (χ2n) is 4.66. The summed E-state index contributed by atoms with van der Waals surface area (Å²) in [5.41, 5.74) is 5.31. The number of nitrogens with one attached hydrogen (secondary N) is 1. The van der Waals surface area contributed by atoms with Crippen molar-refractivity contribution in [3.8, 4) is 5.75 Å². The van der Waals surface area contributed by atoms with Crippen molar-refractivity contribution >= 4 is 17.3 Å². The highest BCUT2D eigenvalue weighted by molar-refractivity contribution is 6.31. The van der Waals surface area contributed by atoms with Gasteiger partial charge in [-0.05, 0) is 35.9 Å². The highest BCUT2D eigenvalue weighted by Crippen LogP contribution is 2.29. The zero-order valence-electron chi connectivity index (χ0n) is 10.5. The molecule has 1 unspecified atom stereocenters. The number of hydrogen-bond donors (Lipinski definition) is 2. The van der Waals surface area contributed by atoms with Gasteiger partial charge >= 0.3 is 0 Å². The average molecular weight is 291 g/mol. The number of phenols is 1. The van der Waals surface area contributed by atoms with Crippen LogP contribution in [0.25, 0.3) is 0 Å². The summed E-state index contributed by atoms with van der Waals surface area (Å²) in [6.07, 6.45) is 0.611. The lowest BCUT2D eigenvalue weighted by molar-refractivity contribution is 0.474. The van der Waals surface area contributed by atoms with E-state index in [1.807, 2.05) is 0 Å². The predicted octanol–water partition coefficient (Wildman–Crippen LogP) is 3.62. The molecular formula is C15H12ClFN2O. The highest BCUT2D eigenvalue weighted by Gasteiger charge is 2.23. The number of hydrazone groups is 1. The molecule has 0 fully saturated rings. The molecule has 0 aromatic heterocycles. The van der Waals surface area contributed by atoms with Gasteiger partial charge in [0.05, 0.1) is 11.8 Å². The molecule has 0 radical (unpaired) electrons. The maximum absolute atomic E-state index is 12.9. The van der Waals surface area contributed by atoms with E-state index >= 15 is 0 Å². The molecule has 0 saturated heterocycles. The monoisotopic (exact) mass is 290 g/mol. The smallest absolute Gasteiger partial charge is 0.124 e. The van der Waals surface area contributed by atoms with Gasteiger partial charge in [0.25, 0.3) is 0 Å². The van der Waals surface area contributed by atoms with E-state index in [4.69, 9.17) is 11.6 Å². The van der Waals surface area contributed by atoms with E-state index in [0.717, 1.165) is 11.3 Å². The van der Waals surface area contributed by atoms with Crippen molar-refractivity contribution in [2.24, 2.45) is 5.10 Å². The Morgan fingerprint density at radius 2 is 1.95 bits per heavy atom. The van der Waals surface area contributed by atoms with Crippen LogP contribution in [-0.4, -0.2) is 10.8 Å². The van der Waals surface area contributed by atoms with Gasteiger partial charge in [0.2, 0.25) is 0 Å². The zero-order valence-corrected chi connectivity index (χ0v) is 11.2. The molecule has 1 heterocycles. The van der Waals surface area contributed by atoms with Crippen LogP contribution in [0.5, 0.6) is 5.75 Å². The molecule has 0 spiro atoms. The number of phenolic OH excluding ortho intramolecular Hbond substituents is 1. The molecule has 1 atom stereocenters. The van der Waals surface area contributed by atoms with E-state index in [9.17, 15) is 9.50 Å². The molecule has 0 bridgehead atoms. The molecule has 3 rings (SSSR count). The minimum Gasteiger partial charge on any atom is -0.507 e. The normalized spacial score (nSPS) is 17.7. The quantitative estimate of drug-likeness (QED) is 0.887. The van der Waals surface area contributed by atoms with E-state index in [1.54, 1.807) is 30.3 Å². The van der Waals surface area contributed by atoms with Gasteiger partial charge in [-0.15, -0.1) is 0 Å². The van der Waals surface area contributed by atoms with Crippen molar-refractivity contribution in [2.45, 2.75) is 12.5 Å². The largest absolute Gasteiger partial charge is 0.507 e. The number of aromatic hydroxyl groups is 1. The van der Waals surface area contributed by atoms with Crippen LogP contribution in [0.2, 0.25) is 5.02 Å². The highest BCUT2D eigenvalue weighted by atomic mass is 35.5. The summed E-state index contributed by atoms with van der Waals surface area (Å²) in [7, 11) is 0. The number of benzene rings is 2. The van der Waals surface area contributed by atoms with Crippen molar-refractivity contribution < 1.29 is 9.50 Å². The van der Waals surface area contributed by atoms with Crippen LogP contribution in [0.3, 0.4) is 0 Å². The van der Waals surface area contributed by atoms with Gasteiger partial charge in [-0.1, -0.05) is 23.7 Å². The molecule has 20 heavy (non-hydrogen) atoms. The minimum atomic E-state index is -0.264. The Hall–Kier alpha value is -2.07. The molecule has 5 heteroatoms. The van der Waals surface area contributed by atoms with Crippen LogP contribution < -0.4 is 5.43 Å². The Morgan fingerprint density at radius 3 is 2.70 bits per heavy atom. The lowest BCUT2D eigenvalue weighted by Crippen LogP contribution is -2.09. The fraction of sp³-hybridized carbons (Fsp3) is 0.133. The minimum absolute atomic E-state index is 0.0241. The third-order valence-corrected chi connectivity index (χ3v) is 3.53. The van der Waals surface area contributed by atoms with Crippen molar-refractivity contribution in [1.82, 2.24) is 5.43 Å². The number of rotatable bonds is 2. The molecule has 0 aliphatic carbocycles. The maximum Gasteiger partial charge on any atom is 0.124 e. The van der Waals surface area contributed by atoms with Crippen molar-refractivity contribution in [1.29, 1.82) is 0 Å². The summed E-state index contributed by atoms with van der Waals surface area (Å²) >= 11 is 5.94. The van der Waals surface area contributed by atoms with Crippen LogP contribution in [0.1, 0.15) is 23.6 Å². The second-order valence-corrected chi connectivity index (χ2v) is 5.09. The molecule has 0 amide bonds. The van der Waals surface area contributed by atoms with E-state index < -0.39 is 0 Å². The van der Waals surface area contributed by atoms with E-state index in [1.165, 1.54) is 12.1 Å². The van der Waals surface area contributed by atoms with Gasteiger partial charge in [-0.2, -0.15) is 5.10 Å². The van der Waals surface area contributed by atoms with Gasteiger partial charge in [0.1, 0.15) is 11.6 Å². The Labute approximate surface area is 120 Å². The molecule has 2 aromatic rings. The Morgan fingerprint density at radius 1 is 1.20 bits per heavy atom. The van der Waals surface area contributed by atoms with Gasteiger partial charge < -0.3 is 10.5 Å². The van der Waals surface area contributed by atoms with Crippen molar-refractivity contribution in [3.63, 3.8) is 0 Å². The number of hydrogen-bond acceptors (Lipinski definition) is 3. The third kappa shape index (κ3) is 2.47. The SMILES string of the molecule is Oc1ccc(Cl)cc1C1=NNC(c2ccc(F)cc2)C1. The van der Waals surface area contributed by atoms with Gasteiger partial charge in [0.15, 0.2) is 0 Å². The number of halogens is 2. The Balaban J connectivity index is 1.82. The maximum atomic E-state index is 12.9. The molecule has 102 valence electrons. The van der Waals surface area contributed by atoms with E-state index in [2.05, 4.69) is 10.5 Å². The molecule has 3 nitrogen and oxygen atoms in total. The summed E-state index contributed by atoms with van der Waals surface area (Å²) in [5.74, 6) is -0.116. The summed E-state index contributed by atoms with van der Waals surface area (Å²) in [6.45, 7) is 0. The van der Waals surface area contributed by atoms with Crippen LogP contribution in [0.15, 0.2) is 47.6 Å². The van der Waals surface area contributed by atoms with E-state index in [0.29, 0.717) is 17.0 Å². The first-order valence-electron chi connectivity index (χ1n) is 6.20. The van der Waals surface area contributed by atoms with Crippen LogP contribution in [0, 0.1) is 5.82 Å². The van der Waals surface area contributed by atoms with Gasteiger partial charge in [-0.25, -0.2) is 4.39 Å². The summed E-state index contributed by atoms with van der Waals surface area (Å²) < 4.78 is 12.9. The van der Waals surface area contributed by atoms with Crippen LogP contribution in [-0.2, 0) is 0 Å². The van der Waals surface area contributed by atoms with Gasteiger partial charge in [0, 0.05) is 17.0 Å². The van der Waals surface area contributed by atoms with E-state index in [-0.39, 0.29) is 17.6 Å². The lowest BCUT2D eigenvalue weighted by Gasteiger charge is -2.10. The average Bonchev–Trinajstić information content (AvgIpc) is 2.92. The third-order valence-electron chi connectivity index (χ3n) is 3.29. The molecule has 1 aliphatic rings. The molecule has 2 N–H and O–H groups in total. The van der Waals surface area contributed by atoms with Crippen LogP contribution in [0.4, 0.5) is 4.39 Å². The fourth-order valence-corrected chi connectivity index (χ4v) is 2.41. The fourth-order valence-electron chi connectivity index (χ4n) is 2.24. The van der Waals surface area contributed by atoms with Crippen LogP contribution >= 0.6 is 11.6 Å². The second kappa shape index (κ2) is 5.13. The zero-order chi connectivity index (χ0) is 14.1. The first-order valence-corrected chi connectivity index (χ1v) is 6.58. The topological polar surface area (TPSA) is 44.6 Å². The van der Waals surface area contributed by atoms with Gasteiger partial charge in [-0.3, -0.25) is 0 Å². The van der Waals surface area contributed by atoms with Crippen molar-refractivity contribution in [2.75, 3.05) is 0 Å². The first kappa shape index (κ1) is 12.9. The summed E-state index contributed by atoms with van der Waals surface area (Å²) in [6, 6.07) is 11.1. The summed E-state index contributed by atoms with van der Waals surface area (Å²) in [5, 5.41) is 14.7. The molecule has 0 saturated carbocycles. The first-order chi connectivity index (χ1) is 9.63. The Bertz CT molecular complexity index is 670. The lowest BCUT2D eigenvalue weighted by atomic mass is 9.99.